The lowest BCUT2D eigenvalue weighted by Crippen LogP contribution is -2.48. The summed E-state index contributed by atoms with van der Waals surface area (Å²) in [6.45, 7) is 9.46. The Kier molecular flexibility index (Phi) is 9.07. The molecule has 7 nitrogen and oxygen atoms in total. The number of rotatable bonds is 8. The SMILES string of the molecule is CCOC(=O)COCCOCC1CCCCN1C(=O)OC(C)(C)C. The number of nitrogens with zero attached hydrogens (tertiary/aromatic N) is 1. The van der Waals surface area contributed by atoms with E-state index in [1.54, 1.807) is 11.8 Å². The lowest BCUT2D eigenvalue weighted by atomic mass is 10.0. The maximum absolute atomic E-state index is 12.3. The third-order valence-corrected chi connectivity index (χ3v) is 3.46. The first kappa shape index (κ1) is 20.7. The van der Waals surface area contributed by atoms with Crippen molar-refractivity contribution in [3.8, 4) is 0 Å². The molecular formula is C17H31NO6. The minimum absolute atomic E-state index is 0.0265. The molecule has 0 aromatic heterocycles. The van der Waals surface area contributed by atoms with Crippen molar-refractivity contribution in [1.29, 1.82) is 0 Å². The van der Waals surface area contributed by atoms with Crippen LogP contribution in [-0.2, 0) is 23.7 Å². The smallest absolute Gasteiger partial charge is 0.410 e. The monoisotopic (exact) mass is 345 g/mol. The van der Waals surface area contributed by atoms with Crippen molar-refractivity contribution in [1.82, 2.24) is 4.90 Å². The predicted molar refractivity (Wildman–Crippen MR) is 88.9 cm³/mol. The molecule has 7 heteroatoms. The van der Waals surface area contributed by atoms with E-state index in [9.17, 15) is 9.59 Å². The molecule has 1 saturated heterocycles. The van der Waals surface area contributed by atoms with Gasteiger partial charge < -0.3 is 23.8 Å². The van der Waals surface area contributed by atoms with Crippen LogP contribution in [0.15, 0.2) is 0 Å². The molecule has 0 aromatic rings. The molecule has 1 aliphatic rings. The minimum atomic E-state index is -0.499. The third-order valence-electron chi connectivity index (χ3n) is 3.46. The molecule has 0 spiro atoms. The van der Waals surface area contributed by atoms with E-state index in [4.69, 9.17) is 18.9 Å². The van der Waals surface area contributed by atoms with Crippen LogP contribution in [0.25, 0.3) is 0 Å². The molecule has 1 rings (SSSR count). The van der Waals surface area contributed by atoms with Gasteiger partial charge in [-0.05, 0) is 47.0 Å². The number of hydrogen-bond donors (Lipinski definition) is 0. The van der Waals surface area contributed by atoms with E-state index in [0.717, 1.165) is 19.3 Å². The Hall–Kier alpha value is -1.34. The Morgan fingerprint density at radius 2 is 1.83 bits per heavy atom. The second kappa shape index (κ2) is 10.5. The van der Waals surface area contributed by atoms with E-state index < -0.39 is 5.60 Å². The van der Waals surface area contributed by atoms with Gasteiger partial charge in [-0.3, -0.25) is 0 Å². The summed E-state index contributed by atoms with van der Waals surface area (Å²) in [4.78, 5) is 25.1. The van der Waals surface area contributed by atoms with Gasteiger partial charge in [-0.25, -0.2) is 9.59 Å². The first-order valence-corrected chi connectivity index (χ1v) is 8.64. The molecule has 1 amide bonds. The van der Waals surface area contributed by atoms with Crippen molar-refractivity contribution in [3.05, 3.63) is 0 Å². The largest absolute Gasteiger partial charge is 0.464 e. The topological polar surface area (TPSA) is 74.3 Å². The summed E-state index contributed by atoms with van der Waals surface area (Å²) in [5.41, 5.74) is -0.499. The Balaban J connectivity index is 2.26. The number of hydrogen-bond acceptors (Lipinski definition) is 6. The van der Waals surface area contributed by atoms with Gasteiger partial charge in [-0.1, -0.05) is 0 Å². The van der Waals surface area contributed by atoms with Crippen LogP contribution in [0.1, 0.15) is 47.0 Å². The van der Waals surface area contributed by atoms with Crippen LogP contribution in [0.5, 0.6) is 0 Å². The van der Waals surface area contributed by atoms with Gasteiger partial charge >= 0.3 is 12.1 Å². The standard InChI is InChI=1S/C17H31NO6/c1-5-23-15(19)13-22-11-10-21-12-14-8-6-7-9-18(14)16(20)24-17(2,3)4/h14H,5-13H2,1-4H3. The number of piperidine rings is 1. The van der Waals surface area contributed by atoms with Crippen molar-refractivity contribution < 1.29 is 28.5 Å². The summed E-state index contributed by atoms with van der Waals surface area (Å²) in [6.07, 6.45) is 2.68. The molecule has 140 valence electrons. The van der Waals surface area contributed by atoms with Crippen LogP contribution in [0.3, 0.4) is 0 Å². The predicted octanol–water partition coefficient (Wildman–Crippen LogP) is 2.37. The molecule has 0 aliphatic carbocycles. The number of carbonyl (C=O) groups is 2. The molecule has 0 aromatic carbocycles. The van der Waals surface area contributed by atoms with Crippen LogP contribution >= 0.6 is 0 Å². The zero-order valence-electron chi connectivity index (χ0n) is 15.3. The molecule has 1 aliphatic heterocycles. The molecule has 1 atom stereocenters. The van der Waals surface area contributed by atoms with Gasteiger partial charge in [0.1, 0.15) is 12.2 Å². The maximum Gasteiger partial charge on any atom is 0.410 e. The van der Waals surface area contributed by atoms with Gasteiger partial charge in [0.2, 0.25) is 0 Å². The van der Waals surface area contributed by atoms with E-state index in [1.807, 2.05) is 20.8 Å². The maximum atomic E-state index is 12.3. The van der Waals surface area contributed by atoms with E-state index in [2.05, 4.69) is 0 Å². The lowest BCUT2D eigenvalue weighted by Gasteiger charge is -2.36. The molecule has 0 saturated carbocycles. The van der Waals surface area contributed by atoms with Crippen molar-refractivity contribution in [3.63, 3.8) is 0 Å². The zero-order valence-corrected chi connectivity index (χ0v) is 15.3. The normalized spacial score (nSPS) is 18.3. The Morgan fingerprint density at radius 3 is 2.50 bits per heavy atom. The Labute approximate surface area is 144 Å². The first-order valence-electron chi connectivity index (χ1n) is 8.64. The third kappa shape index (κ3) is 8.49. The van der Waals surface area contributed by atoms with Gasteiger partial charge in [0, 0.05) is 6.54 Å². The summed E-state index contributed by atoms with van der Waals surface area (Å²) in [5.74, 6) is -0.374. The second-order valence-electron chi connectivity index (χ2n) is 6.76. The fourth-order valence-corrected chi connectivity index (χ4v) is 2.43. The fraction of sp³-hybridized carbons (Fsp3) is 0.882. The summed E-state index contributed by atoms with van der Waals surface area (Å²) >= 11 is 0. The highest BCUT2D eigenvalue weighted by atomic mass is 16.6. The van der Waals surface area contributed by atoms with Crippen molar-refractivity contribution >= 4 is 12.1 Å². The fourth-order valence-electron chi connectivity index (χ4n) is 2.43. The van der Waals surface area contributed by atoms with Crippen molar-refractivity contribution in [2.45, 2.75) is 58.6 Å². The van der Waals surface area contributed by atoms with Crippen LogP contribution in [0.2, 0.25) is 0 Å². The van der Waals surface area contributed by atoms with E-state index in [1.165, 1.54) is 0 Å². The summed E-state index contributed by atoms with van der Waals surface area (Å²) < 4.78 is 21.0. The first-order chi connectivity index (χ1) is 11.3. The van der Waals surface area contributed by atoms with Gasteiger partial charge in [0.15, 0.2) is 0 Å². The molecule has 0 N–H and O–H groups in total. The number of carbonyl (C=O) groups excluding carboxylic acids is 2. The average Bonchev–Trinajstić information content (AvgIpc) is 2.49. The molecule has 24 heavy (non-hydrogen) atoms. The minimum Gasteiger partial charge on any atom is -0.464 e. The number of esters is 1. The van der Waals surface area contributed by atoms with E-state index in [0.29, 0.717) is 33.0 Å². The lowest BCUT2D eigenvalue weighted by molar-refractivity contribution is -0.149. The van der Waals surface area contributed by atoms with E-state index in [-0.39, 0.29) is 24.7 Å². The number of ether oxygens (including phenoxy) is 4. The van der Waals surface area contributed by atoms with Gasteiger partial charge in [-0.15, -0.1) is 0 Å². The number of likely N-dealkylation sites (tertiary alicyclic amines) is 1. The van der Waals surface area contributed by atoms with Gasteiger partial charge in [-0.2, -0.15) is 0 Å². The van der Waals surface area contributed by atoms with Gasteiger partial charge in [0.05, 0.1) is 32.5 Å². The van der Waals surface area contributed by atoms with Crippen LogP contribution in [0, 0.1) is 0 Å². The van der Waals surface area contributed by atoms with Crippen molar-refractivity contribution in [2.24, 2.45) is 0 Å². The average molecular weight is 345 g/mol. The Bertz CT molecular complexity index is 393. The second-order valence-corrected chi connectivity index (χ2v) is 6.76. The highest BCUT2D eigenvalue weighted by Gasteiger charge is 2.30. The summed E-state index contributed by atoms with van der Waals surface area (Å²) in [7, 11) is 0. The van der Waals surface area contributed by atoms with Crippen LogP contribution in [-0.4, -0.2) is 68.2 Å². The summed E-state index contributed by atoms with van der Waals surface area (Å²) in [5, 5.41) is 0. The zero-order chi connectivity index (χ0) is 18.0. The quantitative estimate of drug-likeness (QED) is 0.497. The van der Waals surface area contributed by atoms with Crippen LogP contribution in [0.4, 0.5) is 4.79 Å². The molecule has 0 radical (unpaired) electrons. The highest BCUT2D eigenvalue weighted by Crippen LogP contribution is 2.20. The molecule has 1 unspecified atom stereocenters. The summed E-state index contributed by atoms with van der Waals surface area (Å²) in [6, 6.07) is 0.0265. The molecule has 0 bridgehead atoms. The molecular weight excluding hydrogens is 314 g/mol. The van der Waals surface area contributed by atoms with Crippen molar-refractivity contribution in [2.75, 3.05) is 39.6 Å². The number of amides is 1. The molecule has 1 heterocycles. The Morgan fingerprint density at radius 1 is 1.12 bits per heavy atom. The molecule has 1 fully saturated rings. The van der Waals surface area contributed by atoms with Crippen LogP contribution < -0.4 is 0 Å². The highest BCUT2D eigenvalue weighted by molar-refractivity contribution is 5.70. The van der Waals surface area contributed by atoms with E-state index >= 15 is 0 Å². The van der Waals surface area contributed by atoms with Gasteiger partial charge in [0.25, 0.3) is 0 Å².